The van der Waals surface area contributed by atoms with Crippen molar-refractivity contribution in [3.8, 4) is 0 Å². The maximum Gasteiger partial charge on any atom is 0.334 e. The molecular formula is C29H54O2. The Hall–Kier alpha value is -1.05. The third-order valence-corrected chi connectivity index (χ3v) is 6.17. The van der Waals surface area contributed by atoms with Crippen LogP contribution in [0.4, 0.5) is 0 Å². The number of carbonyl (C=O) groups is 1. The van der Waals surface area contributed by atoms with Crippen LogP contribution in [0.1, 0.15) is 155 Å². The molecule has 0 heterocycles. The first-order valence-corrected chi connectivity index (χ1v) is 13.8. The Morgan fingerprint density at radius 3 is 1.23 bits per heavy atom. The average Bonchev–Trinajstić information content (AvgIpc) is 2.78. The maximum absolute atomic E-state index is 10.9. The molecular weight excluding hydrogens is 380 g/mol. The molecule has 0 rings (SSSR count). The predicted molar refractivity (Wildman–Crippen MR) is 137 cm³/mol. The fourth-order valence-corrected chi connectivity index (χ4v) is 4.10. The molecule has 0 spiro atoms. The second-order valence-corrected chi connectivity index (χ2v) is 9.23. The summed E-state index contributed by atoms with van der Waals surface area (Å²) in [6.07, 6.45) is 36.7. The molecule has 0 aliphatic carbocycles. The van der Waals surface area contributed by atoms with Gasteiger partial charge in [0.05, 0.1) is 6.26 Å². The van der Waals surface area contributed by atoms with E-state index in [1.54, 1.807) is 0 Å². The molecule has 0 aromatic carbocycles. The van der Waals surface area contributed by atoms with Crippen LogP contribution in [0.3, 0.4) is 0 Å². The third-order valence-electron chi connectivity index (χ3n) is 6.17. The van der Waals surface area contributed by atoms with E-state index in [9.17, 15) is 4.79 Å². The van der Waals surface area contributed by atoms with E-state index in [1.807, 2.05) is 6.08 Å². The number of allylic oxidation sites excluding steroid dienone is 1. The second-order valence-electron chi connectivity index (χ2n) is 9.23. The molecule has 2 heteroatoms. The highest BCUT2D eigenvalue weighted by molar-refractivity contribution is 5.81. The Balaban J connectivity index is 3.06. The summed E-state index contributed by atoms with van der Waals surface area (Å²) in [7, 11) is 0. The first-order valence-electron chi connectivity index (χ1n) is 13.8. The minimum atomic E-state index is -0.384. The van der Waals surface area contributed by atoms with Crippen molar-refractivity contribution in [1.82, 2.24) is 0 Å². The SMILES string of the molecule is C=CC(=O)OC=CCCCCCCCCCCCCCCCCCCCCCCCC. The molecule has 0 unspecified atom stereocenters. The Morgan fingerprint density at radius 2 is 0.903 bits per heavy atom. The molecule has 2 nitrogen and oxygen atoms in total. The van der Waals surface area contributed by atoms with Crippen molar-refractivity contribution in [1.29, 1.82) is 0 Å². The molecule has 0 N–H and O–H groups in total. The first-order chi connectivity index (χ1) is 15.3. The lowest BCUT2D eigenvalue weighted by Crippen LogP contribution is -1.91. The zero-order chi connectivity index (χ0) is 22.7. The summed E-state index contributed by atoms with van der Waals surface area (Å²) >= 11 is 0. The lowest BCUT2D eigenvalue weighted by atomic mass is 10.0. The van der Waals surface area contributed by atoms with Gasteiger partial charge in [-0.3, -0.25) is 0 Å². The van der Waals surface area contributed by atoms with Crippen molar-refractivity contribution in [3.05, 3.63) is 25.0 Å². The lowest BCUT2D eigenvalue weighted by Gasteiger charge is -2.04. The molecule has 182 valence electrons. The number of ether oxygens (including phenoxy) is 1. The monoisotopic (exact) mass is 434 g/mol. The predicted octanol–water partition coefficient (Wildman–Crippen LogP) is 10.2. The molecule has 0 saturated carbocycles. The lowest BCUT2D eigenvalue weighted by molar-refractivity contribution is -0.132. The molecule has 0 atom stereocenters. The summed E-state index contributed by atoms with van der Waals surface area (Å²) in [6, 6.07) is 0. The summed E-state index contributed by atoms with van der Waals surface area (Å²) in [4.78, 5) is 10.9. The number of esters is 1. The number of carbonyl (C=O) groups excluding carboxylic acids is 1. The number of hydrogen-bond donors (Lipinski definition) is 0. The molecule has 0 bridgehead atoms. The van der Waals surface area contributed by atoms with E-state index in [4.69, 9.17) is 4.74 Å². The normalized spacial score (nSPS) is 11.3. The van der Waals surface area contributed by atoms with Crippen molar-refractivity contribution in [2.75, 3.05) is 0 Å². The van der Waals surface area contributed by atoms with E-state index in [1.165, 1.54) is 154 Å². The Morgan fingerprint density at radius 1 is 0.581 bits per heavy atom. The summed E-state index contributed by atoms with van der Waals surface area (Å²) in [6.45, 7) is 5.66. The zero-order valence-corrected chi connectivity index (χ0v) is 21.0. The quantitative estimate of drug-likeness (QED) is 0.0618. The van der Waals surface area contributed by atoms with E-state index in [-0.39, 0.29) is 5.97 Å². The Labute approximate surface area is 195 Å². The van der Waals surface area contributed by atoms with Crippen LogP contribution in [-0.4, -0.2) is 5.97 Å². The topological polar surface area (TPSA) is 26.3 Å². The van der Waals surface area contributed by atoms with Crippen LogP contribution in [0.2, 0.25) is 0 Å². The van der Waals surface area contributed by atoms with Gasteiger partial charge in [0, 0.05) is 6.08 Å². The van der Waals surface area contributed by atoms with Gasteiger partial charge in [-0.25, -0.2) is 4.79 Å². The van der Waals surface area contributed by atoms with Crippen LogP contribution in [-0.2, 0) is 9.53 Å². The third kappa shape index (κ3) is 26.9. The molecule has 0 aliphatic heterocycles. The standard InChI is InChI=1S/C29H54O2/c1-3-5-6-7-8-9-10-11-12-13-14-15-16-17-18-19-20-21-22-23-24-25-26-27-28-31-29(30)4-2/h4,27-28H,2-3,5-26H2,1H3. The molecule has 0 fully saturated rings. The highest BCUT2D eigenvalue weighted by Gasteiger charge is 1.96. The van der Waals surface area contributed by atoms with E-state index in [0.717, 1.165) is 6.42 Å². The van der Waals surface area contributed by atoms with Gasteiger partial charge in [-0.2, -0.15) is 0 Å². The average molecular weight is 435 g/mol. The van der Waals surface area contributed by atoms with Gasteiger partial charge < -0.3 is 4.74 Å². The van der Waals surface area contributed by atoms with Gasteiger partial charge in [0.25, 0.3) is 0 Å². The van der Waals surface area contributed by atoms with Crippen molar-refractivity contribution in [3.63, 3.8) is 0 Å². The molecule has 0 amide bonds. The maximum atomic E-state index is 10.9. The van der Waals surface area contributed by atoms with Crippen LogP contribution in [0.25, 0.3) is 0 Å². The fourth-order valence-electron chi connectivity index (χ4n) is 4.10. The van der Waals surface area contributed by atoms with Crippen LogP contribution >= 0.6 is 0 Å². The summed E-state index contributed by atoms with van der Waals surface area (Å²) in [5, 5.41) is 0. The van der Waals surface area contributed by atoms with Gasteiger partial charge >= 0.3 is 5.97 Å². The number of unbranched alkanes of at least 4 members (excludes halogenated alkanes) is 22. The molecule has 0 saturated heterocycles. The van der Waals surface area contributed by atoms with Crippen molar-refractivity contribution in [2.45, 2.75) is 155 Å². The molecule has 0 aromatic rings. The van der Waals surface area contributed by atoms with E-state index in [2.05, 4.69) is 13.5 Å². The number of hydrogen-bond acceptors (Lipinski definition) is 2. The highest BCUT2D eigenvalue weighted by atomic mass is 16.5. The van der Waals surface area contributed by atoms with Crippen LogP contribution in [0, 0.1) is 0 Å². The molecule has 0 radical (unpaired) electrons. The van der Waals surface area contributed by atoms with Crippen LogP contribution in [0.5, 0.6) is 0 Å². The summed E-state index contributed by atoms with van der Waals surface area (Å²) in [5.74, 6) is -0.384. The minimum Gasteiger partial charge on any atom is -0.432 e. The van der Waals surface area contributed by atoms with E-state index < -0.39 is 0 Å². The molecule has 0 aliphatic rings. The zero-order valence-electron chi connectivity index (χ0n) is 21.0. The smallest absolute Gasteiger partial charge is 0.334 e. The Bertz CT molecular complexity index is 400. The minimum absolute atomic E-state index is 0.384. The van der Waals surface area contributed by atoms with Gasteiger partial charge in [-0.15, -0.1) is 0 Å². The van der Waals surface area contributed by atoms with E-state index in [0.29, 0.717) is 0 Å². The van der Waals surface area contributed by atoms with Gasteiger partial charge in [0.1, 0.15) is 0 Å². The molecule has 31 heavy (non-hydrogen) atoms. The van der Waals surface area contributed by atoms with Gasteiger partial charge in [0.15, 0.2) is 0 Å². The summed E-state index contributed by atoms with van der Waals surface area (Å²) < 4.78 is 4.80. The second kappa shape index (κ2) is 27.0. The van der Waals surface area contributed by atoms with Gasteiger partial charge in [-0.05, 0) is 18.9 Å². The van der Waals surface area contributed by atoms with Crippen LogP contribution < -0.4 is 0 Å². The van der Waals surface area contributed by atoms with Gasteiger partial charge in [-0.1, -0.05) is 148 Å². The summed E-state index contributed by atoms with van der Waals surface area (Å²) in [5.41, 5.74) is 0. The van der Waals surface area contributed by atoms with E-state index >= 15 is 0 Å². The highest BCUT2D eigenvalue weighted by Crippen LogP contribution is 2.15. The van der Waals surface area contributed by atoms with Crippen molar-refractivity contribution >= 4 is 5.97 Å². The first kappa shape index (κ1) is 29.9. The number of rotatable bonds is 25. The Kier molecular flexibility index (Phi) is 26.1. The van der Waals surface area contributed by atoms with Crippen molar-refractivity contribution < 1.29 is 9.53 Å². The largest absolute Gasteiger partial charge is 0.432 e. The van der Waals surface area contributed by atoms with Crippen molar-refractivity contribution in [2.24, 2.45) is 0 Å². The van der Waals surface area contributed by atoms with Gasteiger partial charge in [0.2, 0.25) is 0 Å². The van der Waals surface area contributed by atoms with Crippen LogP contribution in [0.15, 0.2) is 25.0 Å². The molecule has 0 aromatic heterocycles. The fraction of sp³-hybridized carbons (Fsp3) is 0.828.